The summed E-state index contributed by atoms with van der Waals surface area (Å²) in [6, 6.07) is 13.7. The number of carbonyl (C=O) groups is 1. The van der Waals surface area contributed by atoms with Gasteiger partial charge in [-0.2, -0.15) is 0 Å². The first-order chi connectivity index (χ1) is 14.9. The van der Waals surface area contributed by atoms with Crippen LogP contribution in [0.5, 0.6) is 11.6 Å². The molecule has 4 rings (SSSR count). The van der Waals surface area contributed by atoms with Crippen LogP contribution in [0.1, 0.15) is 22.3 Å². The van der Waals surface area contributed by atoms with E-state index >= 15 is 0 Å². The van der Waals surface area contributed by atoms with Crippen LogP contribution in [0, 0.1) is 20.8 Å². The third-order valence-electron chi connectivity index (χ3n) is 4.78. The van der Waals surface area contributed by atoms with Crippen molar-refractivity contribution in [2.24, 2.45) is 0 Å². The Morgan fingerprint density at radius 1 is 1.03 bits per heavy atom. The summed E-state index contributed by atoms with van der Waals surface area (Å²) in [4.78, 5) is 29.3. The Bertz CT molecular complexity index is 1290. The highest BCUT2D eigenvalue weighted by atomic mass is 16.5. The van der Waals surface area contributed by atoms with Crippen LogP contribution in [0.4, 0.5) is 0 Å². The zero-order chi connectivity index (χ0) is 22.0. The molecular formula is C23H23N5O3. The Balaban J connectivity index is 1.53. The summed E-state index contributed by atoms with van der Waals surface area (Å²) >= 11 is 0. The summed E-state index contributed by atoms with van der Waals surface area (Å²) < 4.78 is 8.32. The molecule has 2 heterocycles. The van der Waals surface area contributed by atoms with Crippen molar-refractivity contribution in [3.8, 4) is 11.6 Å². The molecule has 0 saturated carbocycles. The minimum absolute atomic E-state index is 0.198. The van der Waals surface area contributed by atoms with E-state index in [4.69, 9.17) is 4.74 Å². The van der Waals surface area contributed by atoms with Gasteiger partial charge >= 0.3 is 5.69 Å². The number of hydrogen-bond donors (Lipinski definition) is 1. The molecule has 1 N–H and O–H groups in total. The van der Waals surface area contributed by atoms with Gasteiger partial charge in [0.05, 0.1) is 0 Å². The third-order valence-corrected chi connectivity index (χ3v) is 4.78. The lowest BCUT2D eigenvalue weighted by Crippen LogP contribution is -2.32. The minimum atomic E-state index is -0.437. The number of amides is 1. The van der Waals surface area contributed by atoms with Crippen LogP contribution in [-0.4, -0.2) is 25.1 Å². The summed E-state index contributed by atoms with van der Waals surface area (Å²) in [5, 5.41) is 7.09. The lowest BCUT2D eigenvalue weighted by atomic mass is 10.1. The van der Waals surface area contributed by atoms with E-state index in [1.807, 2.05) is 63.2 Å². The van der Waals surface area contributed by atoms with Crippen molar-refractivity contribution in [3.05, 3.63) is 87.6 Å². The number of aromatic nitrogens is 4. The highest BCUT2D eigenvalue weighted by molar-refractivity contribution is 5.75. The Morgan fingerprint density at radius 2 is 1.74 bits per heavy atom. The predicted octanol–water partition coefficient (Wildman–Crippen LogP) is 2.92. The Kier molecular flexibility index (Phi) is 5.53. The predicted molar refractivity (Wildman–Crippen MR) is 116 cm³/mol. The van der Waals surface area contributed by atoms with E-state index in [0.29, 0.717) is 12.3 Å². The van der Waals surface area contributed by atoms with E-state index in [9.17, 15) is 9.59 Å². The van der Waals surface area contributed by atoms with Gasteiger partial charge < -0.3 is 10.1 Å². The van der Waals surface area contributed by atoms with Crippen LogP contribution in [0.2, 0.25) is 0 Å². The zero-order valence-electron chi connectivity index (χ0n) is 17.6. The van der Waals surface area contributed by atoms with Gasteiger partial charge in [0.2, 0.25) is 11.6 Å². The summed E-state index contributed by atoms with van der Waals surface area (Å²) in [7, 11) is 0. The second kappa shape index (κ2) is 8.43. The van der Waals surface area contributed by atoms with Crippen molar-refractivity contribution in [2.45, 2.75) is 33.9 Å². The SMILES string of the molecule is Cc1ccc(CNC(=O)Cn2nc3c(Oc4cc(C)cc(C)c4)nccn3c2=O)cc1. The zero-order valence-corrected chi connectivity index (χ0v) is 17.6. The van der Waals surface area contributed by atoms with Crippen molar-refractivity contribution in [3.63, 3.8) is 0 Å². The van der Waals surface area contributed by atoms with E-state index in [-0.39, 0.29) is 24.0 Å². The number of fused-ring (bicyclic) bond motifs is 1. The second-order valence-electron chi connectivity index (χ2n) is 7.55. The first-order valence-corrected chi connectivity index (χ1v) is 9.91. The average molecular weight is 417 g/mol. The Morgan fingerprint density at radius 3 is 2.45 bits per heavy atom. The minimum Gasteiger partial charge on any atom is -0.436 e. The van der Waals surface area contributed by atoms with Crippen LogP contribution < -0.4 is 15.7 Å². The quantitative estimate of drug-likeness (QED) is 0.521. The fourth-order valence-corrected chi connectivity index (χ4v) is 3.30. The van der Waals surface area contributed by atoms with Gasteiger partial charge in [0.1, 0.15) is 12.3 Å². The number of rotatable bonds is 6. The third kappa shape index (κ3) is 4.63. The van der Waals surface area contributed by atoms with Crippen molar-refractivity contribution < 1.29 is 9.53 Å². The standard InChI is InChI=1S/C23H23N5O3/c1-15-4-6-18(7-5-15)13-25-20(29)14-28-23(30)27-9-8-24-22(21(27)26-28)31-19-11-16(2)10-17(3)12-19/h4-12H,13-14H2,1-3H3,(H,25,29). The van der Waals surface area contributed by atoms with E-state index in [1.165, 1.54) is 16.8 Å². The maximum Gasteiger partial charge on any atom is 0.351 e. The molecule has 0 bridgehead atoms. The molecule has 1 amide bonds. The van der Waals surface area contributed by atoms with Crippen molar-refractivity contribution in [2.75, 3.05) is 0 Å². The van der Waals surface area contributed by atoms with Gasteiger partial charge in [0.25, 0.3) is 5.88 Å². The average Bonchev–Trinajstić information content (AvgIpc) is 3.03. The molecule has 2 aromatic heterocycles. The molecule has 0 radical (unpaired) electrons. The van der Waals surface area contributed by atoms with E-state index in [1.54, 1.807) is 0 Å². The molecule has 8 nitrogen and oxygen atoms in total. The lowest BCUT2D eigenvalue weighted by molar-refractivity contribution is -0.122. The van der Waals surface area contributed by atoms with Gasteiger partial charge in [-0.3, -0.25) is 4.79 Å². The fraction of sp³-hybridized carbons (Fsp3) is 0.217. The number of nitrogens with one attached hydrogen (secondary N) is 1. The second-order valence-corrected chi connectivity index (χ2v) is 7.55. The molecule has 0 saturated heterocycles. The van der Waals surface area contributed by atoms with Gasteiger partial charge in [-0.25, -0.2) is 18.9 Å². The van der Waals surface area contributed by atoms with Gasteiger partial charge in [0, 0.05) is 18.9 Å². The fourth-order valence-electron chi connectivity index (χ4n) is 3.30. The van der Waals surface area contributed by atoms with Gasteiger partial charge in [-0.05, 0) is 49.6 Å². The van der Waals surface area contributed by atoms with E-state index in [0.717, 1.165) is 26.9 Å². The van der Waals surface area contributed by atoms with Crippen molar-refractivity contribution in [1.29, 1.82) is 0 Å². The molecule has 2 aromatic carbocycles. The topological polar surface area (TPSA) is 90.5 Å². The maximum atomic E-state index is 12.7. The van der Waals surface area contributed by atoms with Crippen LogP contribution in [0.25, 0.3) is 5.65 Å². The van der Waals surface area contributed by atoms with Crippen LogP contribution in [-0.2, 0) is 17.9 Å². The largest absolute Gasteiger partial charge is 0.436 e. The van der Waals surface area contributed by atoms with Gasteiger partial charge in [-0.15, -0.1) is 5.10 Å². The lowest BCUT2D eigenvalue weighted by Gasteiger charge is -2.07. The molecule has 0 fully saturated rings. The van der Waals surface area contributed by atoms with Crippen LogP contribution in [0.3, 0.4) is 0 Å². The molecule has 4 aromatic rings. The summed E-state index contributed by atoms with van der Waals surface area (Å²) in [5.74, 6) is 0.496. The monoisotopic (exact) mass is 417 g/mol. The number of benzene rings is 2. The van der Waals surface area contributed by atoms with E-state index in [2.05, 4.69) is 15.4 Å². The van der Waals surface area contributed by atoms with Crippen LogP contribution in [0.15, 0.2) is 59.7 Å². The van der Waals surface area contributed by atoms with E-state index < -0.39 is 5.69 Å². The first kappa shape index (κ1) is 20.3. The molecule has 0 aliphatic heterocycles. The maximum absolute atomic E-state index is 12.7. The molecule has 0 aliphatic carbocycles. The normalized spacial score (nSPS) is 10.9. The summed E-state index contributed by atoms with van der Waals surface area (Å²) in [5.41, 5.74) is 4.05. The summed E-state index contributed by atoms with van der Waals surface area (Å²) in [6.45, 7) is 6.13. The van der Waals surface area contributed by atoms with Gasteiger partial charge in [-0.1, -0.05) is 35.9 Å². The molecule has 8 heteroatoms. The molecule has 158 valence electrons. The van der Waals surface area contributed by atoms with Gasteiger partial charge in [0.15, 0.2) is 0 Å². The first-order valence-electron chi connectivity index (χ1n) is 9.91. The number of nitrogens with zero attached hydrogens (tertiary/aromatic N) is 4. The summed E-state index contributed by atoms with van der Waals surface area (Å²) in [6.07, 6.45) is 2.97. The molecule has 0 spiro atoms. The Labute approximate surface area is 179 Å². The molecule has 31 heavy (non-hydrogen) atoms. The van der Waals surface area contributed by atoms with Crippen molar-refractivity contribution in [1.82, 2.24) is 24.5 Å². The number of carbonyl (C=O) groups excluding carboxylic acids is 1. The molecule has 0 unspecified atom stereocenters. The number of aryl methyl sites for hydroxylation is 3. The number of hydrogen-bond acceptors (Lipinski definition) is 5. The van der Waals surface area contributed by atoms with Crippen LogP contribution >= 0.6 is 0 Å². The van der Waals surface area contributed by atoms with Crippen molar-refractivity contribution >= 4 is 11.6 Å². The Hall–Kier alpha value is -3.94. The highest BCUT2D eigenvalue weighted by Gasteiger charge is 2.16. The smallest absolute Gasteiger partial charge is 0.351 e. The number of ether oxygens (including phenoxy) is 1. The molecular weight excluding hydrogens is 394 g/mol. The molecule has 0 aliphatic rings. The highest BCUT2D eigenvalue weighted by Crippen LogP contribution is 2.24. The molecule has 0 atom stereocenters.